The van der Waals surface area contributed by atoms with E-state index >= 15 is 0 Å². The molecule has 4 nitrogen and oxygen atoms in total. The summed E-state index contributed by atoms with van der Waals surface area (Å²) in [6.07, 6.45) is 2.51. The quantitative estimate of drug-likeness (QED) is 0.764. The summed E-state index contributed by atoms with van der Waals surface area (Å²) in [6, 6.07) is 17.8. The summed E-state index contributed by atoms with van der Waals surface area (Å²) in [5, 5.41) is 2.99. The van der Waals surface area contributed by atoms with E-state index in [2.05, 4.69) is 29.4 Å². The van der Waals surface area contributed by atoms with Gasteiger partial charge in [-0.15, -0.1) is 0 Å². The third kappa shape index (κ3) is 3.56. The molecule has 0 spiro atoms. The number of para-hydroxylation sites is 1. The second-order valence-corrected chi connectivity index (χ2v) is 6.99. The molecule has 0 saturated carbocycles. The molecule has 4 heteroatoms. The molecule has 27 heavy (non-hydrogen) atoms. The van der Waals surface area contributed by atoms with Gasteiger partial charge in [-0.25, -0.2) is 0 Å². The van der Waals surface area contributed by atoms with Crippen LogP contribution in [0.5, 0.6) is 5.75 Å². The predicted molar refractivity (Wildman–Crippen MR) is 106 cm³/mol. The van der Waals surface area contributed by atoms with Crippen LogP contribution in [-0.2, 0) is 6.42 Å². The van der Waals surface area contributed by atoms with Crippen molar-refractivity contribution in [2.75, 3.05) is 6.54 Å². The van der Waals surface area contributed by atoms with Crippen LogP contribution in [0.2, 0.25) is 0 Å². The van der Waals surface area contributed by atoms with Crippen LogP contribution >= 0.6 is 0 Å². The molecule has 1 atom stereocenters. The highest BCUT2D eigenvalue weighted by Crippen LogP contribution is 2.38. The van der Waals surface area contributed by atoms with Crippen molar-refractivity contribution >= 4 is 5.91 Å². The van der Waals surface area contributed by atoms with Gasteiger partial charge in [-0.05, 0) is 49.2 Å². The third-order valence-corrected chi connectivity index (χ3v) is 4.86. The minimum absolute atomic E-state index is 0.0703. The number of nitrogens with zero attached hydrogens (tertiary/aromatic N) is 1. The standard InChI is InChI=1S/C23H22N2O2/c1-15-6-3-9-18(12-15)23(26)25-14-19-13-17-8-4-10-20(22(17)27-19)21-16(2)7-5-11-24-21/h3-12,19H,13-14H2,1-2H3,(H,25,26)/t19-/m0/s1. The first-order valence-corrected chi connectivity index (χ1v) is 9.17. The van der Waals surface area contributed by atoms with Gasteiger partial charge < -0.3 is 10.1 Å². The highest BCUT2D eigenvalue weighted by Gasteiger charge is 2.27. The Hall–Kier alpha value is -3.14. The maximum Gasteiger partial charge on any atom is 0.251 e. The number of fused-ring (bicyclic) bond motifs is 1. The molecule has 1 aliphatic heterocycles. The molecule has 0 saturated heterocycles. The van der Waals surface area contributed by atoms with E-state index in [1.807, 2.05) is 49.4 Å². The minimum Gasteiger partial charge on any atom is -0.487 e. The Morgan fingerprint density at radius 2 is 2.00 bits per heavy atom. The number of aryl methyl sites for hydroxylation is 2. The molecule has 0 fully saturated rings. The zero-order valence-corrected chi connectivity index (χ0v) is 15.5. The molecular weight excluding hydrogens is 336 g/mol. The number of carbonyl (C=O) groups excluding carboxylic acids is 1. The largest absolute Gasteiger partial charge is 0.487 e. The van der Waals surface area contributed by atoms with Gasteiger partial charge in [-0.1, -0.05) is 35.9 Å². The normalized spacial score (nSPS) is 15.1. The molecule has 0 bridgehead atoms. The first kappa shape index (κ1) is 17.3. The molecule has 0 radical (unpaired) electrons. The van der Waals surface area contributed by atoms with E-state index in [-0.39, 0.29) is 12.0 Å². The second-order valence-electron chi connectivity index (χ2n) is 6.99. The van der Waals surface area contributed by atoms with Crippen molar-refractivity contribution in [3.8, 4) is 17.0 Å². The van der Waals surface area contributed by atoms with E-state index in [0.717, 1.165) is 40.1 Å². The fourth-order valence-electron chi connectivity index (χ4n) is 3.50. The van der Waals surface area contributed by atoms with Crippen molar-refractivity contribution in [1.82, 2.24) is 10.3 Å². The van der Waals surface area contributed by atoms with Crippen LogP contribution in [0.15, 0.2) is 60.8 Å². The van der Waals surface area contributed by atoms with Crippen molar-refractivity contribution in [2.24, 2.45) is 0 Å². The summed E-state index contributed by atoms with van der Waals surface area (Å²) < 4.78 is 6.20. The van der Waals surface area contributed by atoms with E-state index < -0.39 is 0 Å². The van der Waals surface area contributed by atoms with Crippen LogP contribution in [-0.4, -0.2) is 23.5 Å². The third-order valence-electron chi connectivity index (χ3n) is 4.86. The molecule has 1 amide bonds. The van der Waals surface area contributed by atoms with Crippen LogP contribution in [0.25, 0.3) is 11.3 Å². The summed E-state index contributed by atoms with van der Waals surface area (Å²) in [5.41, 5.74) is 5.98. The molecule has 136 valence electrons. The van der Waals surface area contributed by atoms with Crippen LogP contribution in [0.3, 0.4) is 0 Å². The number of rotatable bonds is 4. The maximum absolute atomic E-state index is 12.4. The number of hydrogen-bond donors (Lipinski definition) is 1. The summed E-state index contributed by atoms with van der Waals surface area (Å²) in [7, 11) is 0. The van der Waals surface area contributed by atoms with Gasteiger partial charge in [0.05, 0.1) is 12.2 Å². The lowest BCUT2D eigenvalue weighted by atomic mass is 10.0. The van der Waals surface area contributed by atoms with Gasteiger partial charge >= 0.3 is 0 Å². The number of hydrogen-bond acceptors (Lipinski definition) is 3. The fourth-order valence-corrected chi connectivity index (χ4v) is 3.50. The molecule has 4 rings (SSSR count). The molecule has 0 aliphatic carbocycles. The molecule has 2 heterocycles. The number of carbonyl (C=O) groups is 1. The molecule has 1 aromatic heterocycles. The Morgan fingerprint density at radius 1 is 1.15 bits per heavy atom. The number of ether oxygens (including phenoxy) is 1. The lowest BCUT2D eigenvalue weighted by molar-refractivity contribution is 0.0933. The van der Waals surface area contributed by atoms with Crippen LogP contribution in [0.1, 0.15) is 27.0 Å². The Kier molecular flexibility index (Phi) is 4.63. The van der Waals surface area contributed by atoms with E-state index in [9.17, 15) is 4.79 Å². The van der Waals surface area contributed by atoms with Gasteiger partial charge in [0.25, 0.3) is 5.91 Å². The Morgan fingerprint density at radius 3 is 2.81 bits per heavy atom. The van der Waals surface area contributed by atoms with Crippen LogP contribution in [0.4, 0.5) is 0 Å². The Balaban J connectivity index is 1.48. The Bertz CT molecular complexity index is 997. The summed E-state index contributed by atoms with van der Waals surface area (Å²) in [5.74, 6) is 0.813. The number of benzene rings is 2. The van der Waals surface area contributed by atoms with Crippen molar-refractivity contribution in [1.29, 1.82) is 0 Å². The first-order valence-electron chi connectivity index (χ1n) is 9.17. The first-order chi connectivity index (χ1) is 13.1. The smallest absolute Gasteiger partial charge is 0.251 e. The molecule has 2 aromatic carbocycles. The summed E-state index contributed by atoms with van der Waals surface area (Å²) in [6.45, 7) is 4.51. The SMILES string of the molecule is Cc1cccc(C(=O)NC[C@@H]2Cc3cccc(-c4ncccc4C)c3O2)c1. The topological polar surface area (TPSA) is 51.2 Å². The minimum atomic E-state index is -0.0704. The van der Waals surface area contributed by atoms with Gasteiger partial charge in [0.2, 0.25) is 0 Å². The van der Waals surface area contributed by atoms with E-state index in [4.69, 9.17) is 4.74 Å². The van der Waals surface area contributed by atoms with Gasteiger partial charge in [-0.3, -0.25) is 9.78 Å². The van der Waals surface area contributed by atoms with Gasteiger partial charge in [0.15, 0.2) is 0 Å². The predicted octanol–water partition coefficient (Wildman–Crippen LogP) is 4.10. The molecule has 3 aromatic rings. The van der Waals surface area contributed by atoms with Crippen molar-refractivity contribution < 1.29 is 9.53 Å². The van der Waals surface area contributed by atoms with E-state index in [1.54, 1.807) is 6.20 Å². The average molecular weight is 358 g/mol. The molecule has 0 unspecified atom stereocenters. The Labute approximate surface area is 159 Å². The van der Waals surface area contributed by atoms with Crippen molar-refractivity contribution in [3.05, 3.63) is 83.0 Å². The zero-order valence-electron chi connectivity index (χ0n) is 15.5. The van der Waals surface area contributed by atoms with Crippen molar-refractivity contribution in [2.45, 2.75) is 26.4 Å². The van der Waals surface area contributed by atoms with Gasteiger partial charge in [-0.2, -0.15) is 0 Å². The summed E-state index contributed by atoms with van der Waals surface area (Å²) >= 11 is 0. The monoisotopic (exact) mass is 358 g/mol. The van der Waals surface area contributed by atoms with Crippen LogP contribution < -0.4 is 10.1 Å². The number of aromatic nitrogens is 1. The lowest BCUT2D eigenvalue weighted by Crippen LogP contribution is -2.34. The highest BCUT2D eigenvalue weighted by atomic mass is 16.5. The average Bonchev–Trinajstić information content (AvgIpc) is 3.10. The van der Waals surface area contributed by atoms with E-state index in [0.29, 0.717) is 12.1 Å². The summed E-state index contributed by atoms with van der Waals surface area (Å²) in [4.78, 5) is 16.9. The van der Waals surface area contributed by atoms with Crippen LogP contribution in [0, 0.1) is 13.8 Å². The number of amides is 1. The number of pyridine rings is 1. The van der Waals surface area contributed by atoms with Gasteiger partial charge in [0, 0.05) is 23.7 Å². The lowest BCUT2D eigenvalue weighted by Gasteiger charge is -2.14. The second kappa shape index (κ2) is 7.23. The van der Waals surface area contributed by atoms with Crippen molar-refractivity contribution in [3.63, 3.8) is 0 Å². The molecule has 1 N–H and O–H groups in total. The fraction of sp³-hybridized carbons (Fsp3) is 0.217. The zero-order chi connectivity index (χ0) is 18.8. The molecule has 1 aliphatic rings. The van der Waals surface area contributed by atoms with Gasteiger partial charge in [0.1, 0.15) is 11.9 Å². The number of nitrogens with one attached hydrogen (secondary N) is 1. The van der Waals surface area contributed by atoms with E-state index in [1.165, 1.54) is 0 Å². The molecular formula is C23H22N2O2. The highest BCUT2D eigenvalue weighted by molar-refractivity contribution is 5.94. The maximum atomic E-state index is 12.4.